The van der Waals surface area contributed by atoms with Crippen LogP contribution in [0, 0.1) is 11.3 Å². The Morgan fingerprint density at radius 1 is 1.00 bits per heavy atom. The minimum absolute atomic E-state index is 0.226. The van der Waals surface area contributed by atoms with Gasteiger partial charge in [-0.25, -0.2) is 0 Å². The van der Waals surface area contributed by atoms with Crippen LogP contribution < -0.4 is 5.32 Å². The molecule has 1 heteroatoms. The van der Waals surface area contributed by atoms with Gasteiger partial charge in [-0.2, -0.15) is 0 Å². The third-order valence-electron chi connectivity index (χ3n) is 4.28. The van der Waals surface area contributed by atoms with E-state index in [4.69, 9.17) is 0 Å². The van der Waals surface area contributed by atoms with Gasteiger partial charge in [0, 0.05) is 12.1 Å². The molecule has 0 saturated heterocycles. The number of hydrogen-bond acceptors (Lipinski definition) is 1. The number of hydrogen-bond donors (Lipinski definition) is 1. The molecular formula is C19H33N. The molecule has 0 heterocycles. The summed E-state index contributed by atoms with van der Waals surface area (Å²) in [5, 5.41) is 3.93. The normalized spacial score (nSPS) is 16.7. The summed E-state index contributed by atoms with van der Waals surface area (Å²) < 4.78 is 0. The summed E-state index contributed by atoms with van der Waals surface area (Å²) in [7, 11) is 0. The quantitative estimate of drug-likeness (QED) is 0.685. The SMILES string of the molecule is CCC(C)CC(CC)NC(c1ccccc1)C(C)(C)C. The van der Waals surface area contributed by atoms with Gasteiger partial charge in [0.25, 0.3) is 0 Å². The highest BCUT2D eigenvalue weighted by Crippen LogP contribution is 2.33. The van der Waals surface area contributed by atoms with E-state index in [1.54, 1.807) is 0 Å². The second-order valence-electron chi connectivity index (χ2n) is 7.23. The lowest BCUT2D eigenvalue weighted by Crippen LogP contribution is -2.40. The van der Waals surface area contributed by atoms with Crippen LogP contribution in [0.25, 0.3) is 0 Å². The predicted molar refractivity (Wildman–Crippen MR) is 89.9 cm³/mol. The second-order valence-corrected chi connectivity index (χ2v) is 7.23. The van der Waals surface area contributed by atoms with Crippen LogP contribution in [0.4, 0.5) is 0 Å². The Labute approximate surface area is 126 Å². The van der Waals surface area contributed by atoms with E-state index in [-0.39, 0.29) is 5.41 Å². The molecule has 0 aliphatic carbocycles. The third kappa shape index (κ3) is 5.28. The van der Waals surface area contributed by atoms with Gasteiger partial charge in [-0.1, -0.05) is 78.3 Å². The minimum Gasteiger partial charge on any atom is -0.307 e. The van der Waals surface area contributed by atoms with Crippen molar-refractivity contribution in [3.05, 3.63) is 35.9 Å². The zero-order chi connectivity index (χ0) is 15.2. The fraction of sp³-hybridized carbons (Fsp3) is 0.684. The maximum absolute atomic E-state index is 3.93. The number of nitrogens with one attached hydrogen (secondary N) is 1. The van der Waals surface area contributed by atoms with Crippen LogP contribution in [0.1, 0.15) is 72.4 Å². The van der Waals surface area contributed by atoms with Gasteiger partial charge in [-0.3, -0.25) is 0 Å². The monoisotopic (exact) mass is 275 g/mol. The van der Waals surface area contributed by atoms with Crippen LogP contribution in [0.3, 0.4) is 0 Å². The van der Waals surface area contributed by atoms with Crippen LogP contribution in [0.15, 0.2) is 30.3 Å². The van der Waals surface area contributed by atoms with Crippen molar-refractivity contribution < 1.29 is 0 Å². The van der Waals surface area contributed by atoms with Crippen molar-refractivity contribution in [1.82, 2.24) is 5.32 Å². The Morgan fingerprint density at radius 3 is 2.05 bits per heavy atom. The van der Waals surface area contributed by atoms with Crippen molar-refractivity contribution in [2.24, 2.45) is 11.3 Å². The summed E-state index contributed by atoms with van der Waals surface area (Å²) in [6.07, 6.45) is 3.74. The average Bonchev–Trinajstić information content (AvgIpc) is 2.42. The van der Waals surface area contributed by atoms with Crippen molar-refractivity contribution >= 4 is 0 Å². The highest BCUT2D eigenvalue weighted by Gasteiger charge is 2.28. The van der Waals surface area contributed by atoms with Gasteiger partial charge in [-0.15, -0.1) is 0 Å². The van der Waals surface area contributed by atoms with E-state index in [9.17, 15) is 0 Å². The first-order chi connectivity index (χ1) is 9.38. The molecule has 20 heavy (non-hydrogen) atoms. The predicted octanol–water partition coefficient (Wildman–Crippen LogP) is 5.58. The summed E-state index contributed by atoms with van der Waals surface area (Å²) in [5.74, 6) is 0.795. The van der Waals surface area contributed by atoms with Gasteiger partial charge in [0.05, 0.1) is 0 Å². The molecule has 0 aliphatic heterocycles. The molecule has 0 radical (unpaired) electrons. The molecule has 3 unspecified atom stereocenters. The highest BCUT2D eigenvalue weighted by molar-refractivity contribution is 5.21. The lowest BCUT2D eigenvalue weighted by atomic mass is 9.81. The molecular weight excluding hydrogens is 242 g/mol. The number of rotatable bonds is 7. The highest BCUT2D eigenvalue weighted by atomic mass is 15.0. The Bertz CT molecular complexity index is 363. The van der Waals surface area contributed by atoms with Gasteiger partial charge in [-0.05, 0) is 29.7 Å². The van der Waals surface area contributed by atoms with Crippen LogP contribution in [-0.4, -0.2) is 6.04 Å². The Kier molecular flexibility index (Phi) is 6.75. The first kappa shape index (κ1) is 17.2. The first-order valence-electron chi connectivity index (χ1n) is 8.19. The summed E-state index contributed by atoms with van der Waals surface area (Å²) in [4.78, 5) is 0. The Morgan fingerprint density at radius 2 is 1.60 bits per heavy atom. The zero-order valence-corrected chi connectivity index (χ0v) is 14.2. The van der Waals surface area contributed by atoms with E-state index >= 15 is 0 Å². The van der Waals surface area contributed by atoms with Crippen molar-refractivity contribution in [2.45, 2.75) is 72.9 Å². The molecule has 1 aromatic carbocycles. The van der Waals surface area contributed by atoms with Gasteiger partial charge in [0.1, 0.15) is 0 Å². The third-order valence-corrected chi connectivity index (χ3v) is 4.28. The van der Waals surface area contributed by atoms with Gasteiger partial charge < -0.3 is 5.32 Å². The summed E-state index contributed by atoms with van der Waals surface area (Å²) in [5.41, 5.74) is 1.63. The van der Waals surface area contributed by atoms with Crippen LogP contribution in [0.5, 0.6) is 0 Å². The second kappa shape index (κ2) is 7.83. The largest absolute Gasteiger partial charge is 0.307 e. The standard InChI is InChI=1S/C19H33N/c1-7-15(3)14-17(8-2)20-18(19(4,5)6)16-12-10-9-11-13-16/h9-13,15,17-18,20H,7-8,14H2,1-6H3. The van der Waals surface area contributed by atoms with Crippen molar-refractivity contribution in [2.75, 3.05) is 0 Å². The Balaban J connectivity index is 2.85. The summed E-state index contributed by atoms with van der Waals surface area (Å²) >= 11 is 0. The van der Waals surface area contributed by atoms with E-state index in [1.165, 1.54) is 24.8 Å². The molecule has 0 saturated carbocycles. The molecule has 0 aliphatic rings. The van der Waals surface area contributed by atoms with Crippen molar-refractivity contribution in [3.63, 3.8) is 0 Å². The van der Waals surface area contributed by atoms with Gasteiger partial charge in [0.2, 0.25) is 0 Å². The lowest BCUT2D eigenvalue weighted by Gasteiger charge is -2.36. The number of benzene rings is 1. The maximum atomic E-state index is 3.93. The molecule has 0 amide bonds. The van der Waals surface area contributed by atoms with E-state index in [1.807, 2.05) is 0 Å². The van der Waals surface area contributed by atoms with E-state index in [0.717, 1.165) is 5.92 Å². The molecule has 114 valence electrons. The molecule has 1 aromatic rings. The minimum atomic E-state index is 0.226. The van der Waals surface area contributed by atoms with E-state index in [0.29, 0.717) is 12.1 Å². The van der Waals surface area contributed by atoms with Crippen molar-refractivity contribution in [3.8, 4) is 0 Å². The molecule has 0 fully saturated rings. The van der Waals surface area contributed by atoms with Crippen LogP contribution in [0.2, 0.25) is 0 Å². The molecule has 0 aromatic heterocycles. The molecule has 1 N–H and O–H groups in total. The first-order valence-corrected chi connectivity index (χ1v) is 8.19. The molecule has 0 bridgehead atoms. The fourth-order valence-corrected chi connectivity index (χ4v) is 2.73. The lowest BCUT2D eigenvalue weighted by molar-refractivity contribution is 0.231. The smallest absolute Gasteiger partial charge is 0.0371 e. The summed E-state index contributed by atoms with van der Waals surface area (Å²) in [6.45, 7) is 13.9. The molecule has 1 nitrogen and oxygen atoms in total. The Hall–Kier alpha value is -0.820. The molecule has 3 atom stereocenters. The topological polar surface area (TPSA) is 12.0 Å². The maximum Gasteiger partial charge on any atom is 0.0371 e. The molecule has 0 spiro atoms. The van der Waals surface area contributed by atoms with Crippen LogP contribution in [-0.2, 0) is 0 Å². The van der Waals surface area contributed by atoms with Gasteiger partial charge in [0.15, 0.2) is 0 Å². The average molecular weight is 275 g/mol. The zero-order valence-electron chi connectivity index (χ0n) is 14.2. The van der Waals surface area contributed by atoms with Gasteiger partial charge >= 0.3 is 0 Å². The van der Waals surface area contributed by atoms with E-state index < -0.39 is 0 Å². The fourth-order valence-electron chi connectivity index (χ4n) is 2.73. The molecule has 1 rings (SSSR count). The summed E-state index contributed by atoms with van der Waals surface area (Å²) in [6, 6.07) is 11.9. The van der Waals surface area contributed by atoms with E-state index in [2.05, 4.69) is 77.2 Å². The van der Waals surface area contributed by atoms with Crippen LogP contribution >= 0.6 is 0 Å². The van der Waals surface area contributed by atoms with Crippen molar-refractivity contribution in [1.29, 1.82) is 0 Å².